The van der Waals surface area contributed by atoms with Crippen LogP contribution < -0.4 is 5.32 Å². The molecule has 0 heterocycles. The first-order chi connectivity index (χ1) is 8.09. The van der Waals surface area contributed by atoms with Crippen LogP contribution in [0.4, 0.5) is 8.78 Å². The summed E-state index contributed by atoms with van der Waals surface area (Å²) < 4.78 is 26.7. The van der Waals surface area contributed by atoms with Crippen molar-refractivity contribution in [3.8, 4) is 0 Å². The van der Waals surface area contributed by atoms with Crippen LogP contribution >= 0.6 is 0 Å². The number of nitrogens with one attached hydrogen (secondary N) is 1. The summed E-state index contributed by atoms with van der Waals surface area (Å²) in [6.07, 6.45) is 8.01. The molecule has 0 spiro atoms. The van der Waals surface area contributed by atoms with Gasteiger partial charge in [0.05, 0.1) is 0 Å². The van der Waals surface area contributed by atoms with E-state index in [4.69, 9.17) is 0 Å². The first-order valence-corrected chi connectivity index (χ1v) is 7.14. The molecule has 0 saturated heterocycles. The normalized spacial score (nSPS) is 37.9. The van der Waals surface area contributed by atoms with E-state index in [2.05, 4.69) is 5.32 Å². The molecule has 100 valence electrons. The molecule has 0 bridgehead atoms. The molecule has 0 radical (unpaired) electrons. The second-order valence-electron chi connectivity index (χ2n) is 6.07. The summed E-state index contributed by atoms with van der Waals surface area (Å²) in [7, 11) is 2.02. The number of alkyl halides is 2. The lowest BCUT2D eigenvalue weighted by molar-refractivity contribution is -0.0565. The highest BCUT2D eigenvalue weighted by Crippen LogP contribution is 2.41. The van der Waals surface area contributed by atoms with Crippen LogP contribution in [0.25, 0.3) is 0 Å². The smallest absolute Gasteiger partial charge is 0.248 e. The van der Waals surface area contributed by atoms with E-state index in [1.165, 1.54) is 25.7 Å². The van der Waals surface area contributed by atoms with Gasteiger partial charge in [0.1, 0.15) is 0 Å². The minimum atomic E-state index is -2.38. The predicted molar refractivity (Wildman–Crippen MR) is 66.3 cm³/mol. The van der Waals surface area contributed by atoms with Gasteiger partial charge in [0.15, 0.2) is 0 Å². The van der Waals surface area contributed by atoms with E-state index in [0.29, 0.717) is 12.0 Å². The minimum absolute atomic E-state index is 0.118. The summed E-state index contributed by atoms with van der Waals surface area (Å²) in [6, 6.07) is 0.623. The molecule has 0 amide bonds. The molecule has 17 heavy (non-hydrogen) atoms. The van der Waals surface area contributed by atoms with Crippen LogP contribution in [0.15, 0.2) is 0 Å². The molecule has 2 aliphatic rings. The molecule has 3 atom stereocenters. The van der Waals surface area contributed by atoms with Crippen molar-refractivity contribution in [1.82, 2.24) is 5.32 Å². The zero-order valence-corrected chi connectivity index (χ0v) is 10.9. The number of halogens is 2. The summed E-state index contributed by atoms with van der Waals surface area (Å²) in [5.41, 5.74) is 0. The first-order valence-electron chi connectivity index (χ1n) is 7.14. The molecular weight excluding hydrogens is 220 g/mol. The van der Waals surface area contributed by atoms with Crippen LogP contribution in [0, 0.1) is 11.8 Å². The van der Waals surface area contributed by atoms with Crippen molar-refractivity contribution in [2.45, 2.75) is 69.8 Å². The van der Waals surface area contributed by atoms with Crippen LogP contribution in [-0.4, -0.2) is 19.0 Å². The Morgan fingerprint density at radius 1 is 1.12 bits per heavy atom. The zero-order valence-electron chi connectivity index (χ0n) is 10.9. The molecule has 0 aromatic rings. The maximum atomic E-state index is 13.3. The Bertz CT molecular complexity index is 242. The van der Waals surface area contributed by atoms with Gasteiger partial charge in [-0.05, 0) is 44.6 Å². The molecule has 0 aromatic heterocycles. The van der Waals surface area contributed by atoms with Crippen molar-refractivity contribution in [3.63, 3.8) is 0 Å². The molecule has 0 aromatic carbocycles. The number of hydrogen-bond donors (Lipinski definition) is 1. The Labute approximate surface area is 103 Å². The fraction of sp³-hybridized carbons (Fsp3) is 1.00. The van der Waals surface area contributed by atoms with Gasteiger partial charge in [-0.25, -0.2) is 8.78 Å². The number of hydrogen-bond acceptors (Lipinski definition) is 1. The molecule has 3 unspecified atom stereocenters. The highest BCUT2D eigenvalue weighted by molar-refractivity contribution is 4.83. The Hall–Kier alpha value is -0.180. The second-order valence-corrected chi connectivity index (χ2v) is 6.07. The Morgan fingerprint density at radius 2 is 1.88 bits per heavy atom. The average molecular weight is 245 g/mol. The fourth-order valence-corrected chi connectivity index (χ4v) is 3.72. The van der Waals surface area contributed by atoms with Crippen molar-refractivity contribution in [2.24, 2.45) is 11.8 Å². The van der Waals surface area contributed by atoms with Crippen molar-refractivity contribution in [3.05, 3.63) is 0 Å². The molecular formula is C14H25F2N. The van der Waals surface area contributed by atoms with Crippen LogP contribution in [-0.2, 0) is 0 Å². The molecule has 1 N–H and O–H groups in total. The first kappa shape index (κ1) is 13.3. The van der Waals surface area contributed by atoms with Crippen LogP contribution in [0.3, 0.4) is 0 Å². The lowest BCUT2D eigenvalue weighted by Gasteiger charge is -2.34. The molecule has 2 aliphatic carbocycles. The molecule has 2 saturated carbocycles. The third kappa shape index (κ3) is 3.90. The third-order valence-electron chi connectivity index (χ3n) is 4.60. The summed E-state index contributed by atoms with van der Waals surface area (Å²) in [5, 5.41) is 3.34. The van der Waals surface area contributed by atoms with Gasteiger partial charge in [-0.1, -0.05) is 19.3 Å². The van der Waals surface area contributed by atoms with E-state index in [-0.39, 0.29) is 18.8 Å². The summed E-state index contributed by atoms with van der Waals surface area (Å²) in [4.78, 5) is 0. The molecule has 0 aliphatic heterocycles. The van der Waals surface area contributed by atoms with Gasteiger partial charge in [-0.15, -0.1) is 0 Å². The van der Waals surface area contributed by atoms with Crippen molar-refractivity contribution >= 4 is 0 Å². The van der Waals surface area contributed by atoms with Crippen LogP contribution in [0.5, 0.6) is 0 Å². The van der Waals surface area contributed by atoms with Gasteiger partial charge < -0.3 is 5.32 Å². The van der Waals surface area contributed by atoms with E-state index in [1.807, 2.05) is 7.05 Å². The monoisotopic (exact) mass is 245 g/mol. The summed E-state index contributed by atoms with van der Waals surface area (Å²) in [5.74, 6) is -1.42. The number of rotatable bonds is 3. The van der Waals surface area contributed by atoms with Crippen LogP contribution in [0.2, 0.25) is 0 Å². The summed E-state index contributed by atoms with van der Waals surface area (Å²) in [6.45, 7) is 0. The minimum Gasteiger partial charge on any atom is -0.317 e. The Balaban J connectivity index is 1.80. The van der Waals surface area contributed by atoms with E-state index in [9.17, 15) is 8.78 Å². The largest absolute Gasteiger partial charge is 0.317 e. The SMILES string of the molecule is CNC1CCCC(CC2CCCC(F)(F)C2)C1. The van der Waals surface area contributed by atoms with E-state index >= 15 is 0 Å². The van der Waals surface area contributed by atoms with E-state index in [0.717, 1.165) is 19.3 Å². The maximum absolute atomic E-state index is 13.3. The summed E-state index contributed by atoms with van der Waals surface area (Å²) >= 11 is 0. The van der Waals surface area contributed by atoms with Gasteiger partial charge in [0.25, 0.3) is 0 Å². The van der Waals surface area contributed by atoms with E-state index < -0.39 is 5.92 Å². The van der Waals surface area contributed by atoms with Crippen molar-refractivity contribution in [2.75, 3.05) is 7.05 Å². The predicted octanol–water partition coefficient (Wildman–Crippen LogP) is 3.98. The van der Waals surface area contributed by atoms with E-state index in [1.54, 1.807) is 0 Å². The fourth-order valence-electron chi connectivity index (χ4n) is 3.72. The van der Waals surface area contributed by atoms with Gasteiger partial charge in [-0.3, -0.25) is 0 Å². The second kappa shape index (κ2) is 5.64. The standard InChI is InChI=1S/C14H25F2N/c1-17-13-6-2-4-11(9-13)8-12-5-3-7-14(15,16)10-12/h11-13,17H,2-10H2,1H3. The maximum Gasteiger partial charge on any atom is 0.248 e. The lowest BCUT2D eigenvalue weighted by Crippen LogP contribution is -2.33. The van der Waals surface area contributed by atoms with Gasteiger partial charge >= 0.3 is 0 Å². The van der Waals surface area contributed by atoms with Crippen LogP contribution in [0.1, 0.15) is 57.8 Å². The molecule has 3 heteroatoms. The average Bonchev–Trinajstić information content (AvgIpc) is 2.28. The van der Waals surface area contributed by atoms with Gasteiger partial charge in [0, 0.05) is 18.9 Å². The van der Waals surface area contributed by atoms with Gasteiger partial charge in [0.2, 0.25) is 5.92 Å². The molecule has 2 rings (SSSR count). The quantitative estimate of drug-likeness (QED) is 0.793. The topological polar surface area (TPSA) is 12.0 Å². The Morgan fingerprint density at radius 3 is 2.59 bits per heavy atom. The highest BCUT2D eigenvalue weighted by atomic mass is 19.3. The van der Waals surface area contributed by atoms with Crippen molar-refractivity contribution in [1.29, 1.82) is 0 Å². The van der Waals surface area contributed by atoms with Crippen molar-refractivity contribution < 1.29 is 8.78 Å². The molecule has 2 fully saturated rings. The third-order valence-corrected chi connectivity index (χ3v) is 4.60. The highest BCUT2D eigenvalue weighted by Gasteiger charge is 2.37. The molecule has 1 nitrogen and oxygen atoms in total. The zero-order chi connectivity index (χ0) is 12.3. The van der Waals surface area contributed by atoms with Gasteiger partial charge in [-0.2, -0.15) is 0 Å². The Kier molecular flexibility index (Phi) is 4.40. The lowest BCUT2D eigenvalue weighted by atomic mass is 9.75.